The Morgan fingerprint density at radius 1 is 0.681 bits per heavy atom. The Hall–Kier alpha value is -5.60. The number of nitrogens with one attached hydrogen (secondary N) is 1. The summed E-state index contributed by atoms with van der Waals surface area (Å²) >= 11 is 1.79. The molecule has 0 amide bonds. The number of nitrogens with zero attached hydrogens (tertiary/aromatic N) is 2. The summed E-state index contributed by atoms with van der Waals surface area (Å²) in [6.45, 7) is 0.719. The van der Waals surface area contributed by atoms with Gasteiger partial charge in [-0.15, -0.1) is 11.3 Å². The molecule has 3 heterocycles. The maximum absolute atomic E-state index is 12.9. The van der Waals surface area contributed by atoms with Gasteiger partial charge >= 0.3 is 6.18 Å². The first-order valence-corrected chi connectivity index (χ1v) is 16.0. The molecule has 8 heteroatoms. The predicted molar refractivity (Wildman–Crippen MR) is 187 cm³/mol. The maximum Gasteiger partial charge on any atom is 0.454 e. The van der Waals surface area contributed by atoms with Gasteiger partial charge in [-0.3, -0.25) is 4.79 Å². The van der Waals surface area contributed by atoms with Crippen LogP contribution in [0.15, 0.2) is 127 Å². The van der Waals surface area contributed by atoms with Crippen LogP contribution in [0.5, 0.6) is 0 Å². The van der Waals surface area contributed by atoms with Gasteiger partial charge in [0, 0.05) is 43.2 Å². The van der Waals surface area contributed by atoms with Gasteiger partial charge in [-0.2, -0.15) is 13.2 Å². The Morgan fingerprint density at radius 2 is 1.36 bits per heavy atom. The molecule has 228 valence electrons. The van der Waals surface area contributed by atoms with Crippen molar-refractivity contribution in [2.24, 2.45) is 0 Å². The van der Waals surface area contributed by atoms with Gasteiger partial charge in [0.2, 0.25) is 0 Å². The number of halogens is 3. The van der Waals surface area contributed by atoms with E-state index >= 15 is 0 Å². The average molecular weight is 640 g/mol. The lowest BCUT2D eigenvalue weighted by atomic mass is 10.0. The molecular formula is C39H24F3N3OS. The third-order valence-corrected chi connectivity index (χ3v) is 10.2. The van der Waals surface area contributed by atoms with Crippen LogP contribution in [-0.2, 0) is 0 Å². The molecule has 0 spiro atoms. The number of thiophene rings is 1. The monoisotopic (exact) mass is 639 g/mol. The summed E-state index contributed by atoms with van der Waals surface area (Å²) < 4.78 is 43.4. The first-order valence-electron chi connectivity index (χ1n) is 15.2. The van der Waals surface area contributed by atoms with Crippen LogP contribution in [0.25, 0.3) is 58.8 Å². The van der Waals surface area contributed by atoms with Crippen molar-refractivity contribution in [1.82, 2.24) is 4.57 Å². The Morgan fingerprint density at radius 3 is 2.15 bits per heavy atom. The molecular weight excluding hydrogens is 616 g/mol. The highest BCUT2D eigenvalue weighted by Crippen LogP contribution is 2.45. The van der Waals surface area contributed by atoms with Gasteiger partial charge in [0.15, 0.2) is 0 Å². The lowest BCUT2D eigenvalue weighted by Gasteiger charge is -2.18. The summed E-state index contributed by atoms with van der Waals surface area (Å²) in [6, 6.07) is 41.5. The quantitative estimate of drug-likeness (QED) is 0.195. The number of carbonyl (C=O) groups is 1. The van der Waals surface area contributed by atoms with Crippen LogP contribution in [0.3, 0.4) is 0 Å². The highest BCUT2D eigenvalue weighted by molar-refractivity contribution is 7.26. The molecule has 9 rings (SSSR count). The van der Waals surface area contributed by atoms with Crippen molar-refractivity contribution in [2.75, 3.05) is 16.9 Å². The number of para-hydroxylation sites is 3. The largest absolute Gasteiger partial charge is 0.454 e. The SMILES string of the molecule is O=C(c1ccc(-c2ccc(-n3c4ccccc4c4ccc5c6cc(N7CNc8ccccc87)ccc6sc5c43)cc2)cc1)C(F)(F)F. The van der Waals surface area contributed by atoms with Gasteiger partial charge in [-0.05, 0) is 59.7 Å². The van der Waals surface area contributed by atoms with Gasteiger partial charge in [0.25, 0.3) is 5.78 Å². The van der Waals surface area contributed by atoms with Crippen molar-refractivity contribution in [2.45, 2.75) is 6.18 Å². The lowest BCUT2D eigenvalue weighted by molar-refractivity contribution is -0.0885. The Bertz CT molecular complexity index is 2530. The summed E-state index contributed by atoms with van der Waals surface area (Å²) in [5, 5.41) is 8.24. The summed E-state index contributed by atoms with van der Waals surface area (Å²) in [5.74, 6) is -1.84. The van der Waals surface area contributed by atoms with E-state index in [0.29, 0.717) is 0 Å². The molecule has 47 heavy (non-hydrogen) atoms. The van der Waals surface area contributed by atoms with Crippen molar-refractivity contribution in [1.29, 1.82) is 0 Å². The fourth-order valence-corrected chi connectivity index (χ4v) is 8.05. The number of benzene rings is 6. The van der Waals surface area contributed by atoms with Crippen LogP contribution in [0.4, 0.5) is 30.2 Å². The van der Waals surface area contributed by atoms with Gasteiger partial charge in [0.05, 0.1) is 33.8 Å². The zero-order valence-electron chi connectivity index (χ0n) is 24.7. The zero-order valence-corrected chi connectivity index (χ0v) is 25.5. The van der Waals surface area contributed by atoms with E-state index in [2.05, 4.69) is 81.5 Å². The standard InChI is InChI=1S/C39H24F3N3OS/c40-39(41,42)38(46)25-11-9-23(10-12-25)24-13-15-26(16-14-24)45-33-7-3-1-5-28(33)29-18-19-30-31-21-27(17-20-35(31)47-37(30)36(29)45)44-22-43-32-6-2-4-8-34(32)44/h1-21,43H,22H2. The average Bonchev–Trinajstić information content (AvgIpc) is 3.79. The zero-order chi connectivity index (χ0) is 31.9. The highest BCUT2D eigenvalue weighted by atomic mass is 32.1. The normalized spacial score (nSPS) is 13.1. The smallest absolute Gasteiger partial charge is 0.366 e. The molecule has 1 aliphatic rings. The van der Waals surface area contributed by atoms with E-state index in [0.717, 1.165) is 51.3 Å². The molecule has 2 aromatic heterocycles. The number of aromatic nitrogens is 1. The Labute approximate surface area is 270 Å². The predicted octanol–water partition coefficient (Wildman–Crippen LogP) is 11.1. The van der Waals surface area contributed by atoms with Crippen LogP contribution in [0.2, 0.25) is 0 Å². The highest BCUT2D eigenvalue weighted by Gasteiger charge is 2.39. The van der Waals surface area contributed by atoms with Crippen molar-refractivity contribution >= 4 is 76.2 Å². The Balaban J connectivity index is 1.17. The van der Waals surface area contributed by atoms with Crippen molar-refractivity contribution in [3.63, 3.8) is 0 Å². The van der Waals surface area contributed by atoms with E-state index in [1.54, 1.807) is 23.5 Å². The number of fused-ring (bicyclic) bond motifs is 8. The molecule has 1 N–H and O–H groups in total. The van der Waals surface area contributed by atoms with Gasteiger partial charge in [-0.1, -0.05) is 78.9 Å². The molecule has 0 fully saturated rings. The first-order chi connectivity index (χ1) is 22.8. The van der Waals surface area contributed by atoms with Gasteiger partial charge in [-0.25, -0.2) is 0 Å². The minimum Gasteiger partial charge on any atom is -0.366 e. The molecule has 0 saturated carbocycles. The number of hydrogen-bond donors (Lipinski definition) is 1. The minimum atomic E-state index is -4.90. The number of rotatable bonds is 4. The molecule has 6 aromatic carbocycles. The lowest BCUT2D eigenvalue weighted by Crippen LogP contribution is -2.22. The number of hydrogen-bond acceptors (Lipinski definition) is 4. The Kier molecular flexibility index (Phi) is 6.01. The molecule has 8 aromatic rings. The van der Waals surface area contributed by atoms with E-state index in [-0.39, 0.29) is 5.56 Å². The summed E-state index contributed by atoms with van der Waals surface area (Å²) in [6.07, 6.45) is -4.90. The summed E-state index contributed by atoms with van der Waals surface area (Å²) in [4.78, 5) is 13.9. The number of anilines is 3. The summed E-state index contributed by atoms with van der Waals surface area (Å²) in [5.41, 5.74) is 7.87. The van der Waals surface area contributed by atoms with Gasteiger partial charge in [0.1, 0.15) is 0 Å². The van der Waals surface area contributed by atoms with E-state index in [1.807, 2.05) is 36.4 Å². The molecule has 0 unspecified atom stereocenters. The number of alkyl halides is 3. The number of Topliss-reactive ketones (excluding diaryl/α,β-unsaturated/α-hetero) is 1. The third kappa shape index (κ3) is 4.32. The van der Waals surface area contributed by atoms with Crippen LogP contribution < -0.4 is 10.2 Å². The van der Waals surface area contributed by atoms with Crippen molar-refractivity contribution in [3.05, 3.63) is 133 Å². The van der Waals surface area contributed by atoms with E-state index in [9.17, 15) is 18.0 Å². The van der Waals surface area contributed by atoms with Crippen LogP contribution in [-0.4, -0.2) is 23.2 Å². The third-order valence-electron chi connectivity index (χ3n) is 9.05. The van der Waals surface area contributed by atoms with Crippen LogP contribution in [0.1, 0.15) is 10.4 Å². The summed E-state index contributed by atoms with van der Waals surface area (Å²) in [7, 11) is 0. The van der Waals surface area contributed by atoms with Gasteiger partial charge < -0.3 is 14.8 Å². The molecule has 0 saturated heterocycles. The minimum absolute atomic E-state index is 0.371. The van der Waals surface area contributed by atoms with E-state index in [4.69, 9.17) is 0 Å². The van der Waals surface area contributed by atoms with Crippen LogP contribution >= 0.6 is 11.3 Å². The number of carbonyl (C=O) groups excluding carboxylic acids is 1. The second kappa shape index (κ2) is 10.2. The molecule has 0 aliphatic carbocycles. The molecule has 0 radical (unpaired) electrons. The molecule has 1 aliphatic heterocycles. The maximum atomic E-state index is 12.9. The fourth-order valence-electron chi connectivity index (χ4n) is 6.83. The van der Waals surface area contributed by atoms with Crippen LogP contribution in [0, 0.1) is 0 Å². The number of ketones is 1. The van der Waals surface area contributed by atoms with Crippen molar-refractivity contribution in [3.8, 4) is 16.8 Å². The van der Waals surface area contributed by atoms with E-state index in [1.165, 1.54) is 43.4 Å². The second-order valence-electron chi connectivity index (χ2n) is 11.7. The fraction of sp³-hybridized carbons (Fsp3) is 0.0513. The molecule has 4 nitrogen and oxygen atoms in total. The molecule has 0 bridgehead atoms. The van der Waals surface area contributed by atoms with E-state index < -0.39 is 12.0 Å². The van der Waals surface area contributed by atoms with Crippen molar-refractivity contribution < 1.29 is 18.0 Å². The topological polar surface area (TPSA) is 37.3 Å². The molecule has 0 atom stereocenters. The first kappa shape index (κ1) is 27.7. The second-order valence-corrected chi connectivity index (χ2v) is 12.8.